The number of rotatable bonds is 6. The van der Waals surface area contributed by atoms with E-state index in [1.54, 1.807) is 19.1 Å². The number of benzene rings is 1. The Kier molecular flexibility index (Phi) is 6.31. The first kappa shape index (κ1) is 20.3. The molecular weight excluding hydrogens is 358 g/mol. The van der Waals surface area contributed by atoms with E-state index in [-0.39, 0.29) is 11.9 Å². The van der Waals surface area contributed by atoms with Gasteiger partial charge in [0.25, 0.3) is 0 Å². The van der Waals surface area contributed by atoms with Gasteiger partial charge in [0, 0.05) is 38.3 Å². The zero-order valence-corrected chi connectivity index (χ0v) is 17.1. The zero-order valence-electron chi connectivity index (χ0n) is 17.1. The molecule has 2 aliphatic rings. The molecule has 2 aliphatic heterocycles. The average molecular weight is 389 g/mol. The molecule has 1 atom stereocenters. The van der Waals surface area contributed by atoms with Crippen molar-refractivity contribution in [3.8, 4) is 11.5 Å². The monoisotopic (exact) mass is 389 g/mol. The fourth-order valence-corrected chi connectivity index (χ4v) is 4.36. The number of carbonyl (C=O) groups excluding carboxylic acids is 2. The Bertz CT molecular complexity index is 724. The number of carbonyl (C=O) groups is 2. The number of hydrogen-bond donors (Lipinski definition) is 1. The van der Waals surface area contributed by atoms with E-state index in [1.165, 1.54) is 0 Å². The SMILES string of the molecule is CCCNC(=O)N1CC[C@]2(CCCN(Cc3cccc(OC)c3OC)C2=O)C1. The summed E-state index contributed by atoms with van der Waals surface area (Å²) in [5.41, 5.74) is 0.483. The minimum absolute atomic E-state index is 0.0573. The standard InChI is InChI=1S/C21H31N3O4/c1-4-11-22-20(26)24-13-10-21(15-24)9-6-12-23(19(21)25)14-16-7-5-8-17(27-2)18(16)28-3/h5,7-8H,4,6,9-15H2,1-3H3,(H,22,26)/t21-/m1/s1. The number of nitrogens with one attached hydrogen (secondary N) is 1. The summed E-state index contributed by atoms with van der Waals surface area (Å²) in [6.07, 6.45) is 3.43. The molecule has 2 heterocycles. The maximum atomic E-state index is 13.4. The molecule has 3 rings (SSSR count). The van der Waals surface area contributed by atoms with E-state index >= 15 is 0 Å². The number of likely N-dealkylation sites (tertiary alicyclic amines) is 2. The smallest absolute Gasteiger partial charge is 0.317 e. The van der Waals surface area contributed by atoms with Crippen molar-refractivity contribution >= 4 is 11.9 Å². The number of ether oxygens (including phenoxy) is 2. The molecule has 0 radical (unpaired) electrons. The number of hydrogen-bond acceptors (Lipinski definition) is 4. The van der Waals surface area contributed by atoms with Gasteiger partial charge in [-0.05, 0) is 31.7 Å². The third-order valence-electron chi connectivity index (χ3n) is 5.84. The van der Waals surface area contributed by atoms with Crippen molar-refractivity contribution in [2.45, 2.75) is 39.2 Å². The van der Waals surface area contributed by atoms with Crippen molar-refractivity contribution in [2.75, 3.05) is 40.4 Å². The number of para-hydroxylation sites is 1. The maximum Gasteiger partial charge on any atom is 0.317 e. The lowest BCUT2D eigenvalue weighted by Crippen LogP contribution is -2.50. The molecule has 1 aromatic carbocycles. The van der Waals surface area contributed by atoms with E-state index in [2.05, 4.69) is 5.32 Å². The summed E-state index contributed by atoms with van der Waals surface area (Å²) in [6, 6.07) is 5.68. The largest absolute Gasteiger partial charge is 0.493 e. The summed E-state index contributed by atoms with van der Waals surface area (Å²) in [5.74, 6) is 1.48. The van der Waals surface area contributed by atoms with Crippen LogP contribution in [0, 0.1) is 5.41 Å². The highest BCUT2D eigenvalue weighted by Crippen LogP contribution is 2.41. The highest BCUT2D eigenvalue weighted by molar-refractivity contribution is 5.86. The lowest BCUT2D eigenvalue weighted by atomic mass is 9.78. The number of methoxy groups -OCH3 is 2. The molecule has 1 N–H and O–H groups in total. The Balaban J connectivity index is 1.73. The average Bonchev–Trinajstić information content (AvgIpc) is 3.14. The lowest BCUT2D eigenvalue weighted by Gasteiger charge is -2.39. The normalized spacial score (nSPS) is 21.9. The highest BCUT2D eigenvalue weighted by Gasteiger charge is 2.49. The molecule has 2 saturated heterocycles. The molecule has 3 amide bonds. The van der Waals surface area contributed by atoms with Crippen LogP contribution in [0.25, 0.3) is 0 Å². The van der Waals surface area contributed by atoms with Crippen molar-refractivity contribution in [1.29, 1.82) is 0 Å². The van der Waals surface area contributed by atoms with Gasteiger partial charge in [0.05, 0.1) is 19.6 Å². The second kappa shape index (κ2) is 8.71. The van der Waals surface area contributed by atoms with Gasteiger partial charge >= 0.3 is 6.03 Å². The fraction of sp³-hybridized carbons (Fsp3) is 0.619. The third kappa shape index (κ3) is 3.88. The Morgan fingerprint density at radius 3 is 2.75 bits per heavy atom. The molecular formula is C21H31N3O4. The first-order valence-electron chi connectivity index (χ1n) is 10.1. The van der Waals surface area contributed by atoms with Crippen LogP contribution in [0.2, 0.25) is 0 Å². The van der Waals surface area contributed by atoms with Crippen molar-refractivity contribution in [1.82, 2.24) is 15.1 Å². The molecule has 1 spiro atoms. The molecule has 7 heteroatoms. The third-order valence-corrected chi connectivity index (χ3v) is 5.84. The van der Waals surface area contributed by atoms with Crippen molar-refractivity contribution < 1.29 is 19.1 Å². The van der Waals surface area contributed by atoms with Gasteiger partial charge < -0.3 is 24.6 Å². The van der Waals surface area contributed by atoms with Crippen LogP contribution in [-0.4, -0.2) is 62.1 Å². The van der Waals surface area contributed by atoms with Crippen molar-refractivity contribution in [3.05, 3.63) is 23.8 Å². The number of nitrogens with zero attached hydrogens (tertiary/aromatic N) is 2. The molecule has 1 aromatic rings. The molecule has 154 valence electrons. The fourth-order valence-electron chi connectivity index (χ4n) is 4.36. The summed E-state index contributed by atoms with van der Waals surface area (Å²) < 4.78 is 10.9. The number of amides is 3. The van der Waals surface area contributed by atoms with Crippen LogP contribution in [0.3, 0.4) is 0 Å². The van der Waals surface area contributed by atoms with Crippen LogP contribution in [-0.2, 0) is 11.3 Å². The van der Waals surface area contributed by atoms with E-state index in [0.717, 1.165) is 37.8 Å². The quantitative estimate of drug-likeness (QED) is 0.812. The summed E-state index contributed by atoms with van der Waals surface area (Å²) in [4.78, 5) is 29.4. The predicted octanol–water partition coefficient (Wildman–Crippen LogP) is 2.64. The van der Waals surface area contributed by atoms with Crippen LogP contribution in [0.4, 0.5) is 4.79 Å². The molecule has 0 unspecified atom stereocenters. The molecule has 2 fully saturated rings. The minimum atomic E-state index is -0.450. The molecule has 7 nitrogen and oxygen atoms in total. The second-order valence-corrected chi connectivity index (χ2v) is 7.67. The first-order valence-corrected chi connectivity index (χ1v) is 10.1. The Morgan fingerprint density at radius 2 is 2.04 bits per heavy atom. The van der Waals surface area contributed by atoms with Crippen LogP contribution < -0.4 is 14.8 Å². The minimum Gasteiger partial charge on any atom is -0.493 e. The van der Waals surface area contributed by atoms with Crippen molar-refractivity contribution in [2.24, 2.45) is 5.41 Å². The van der Waals surface area contributed by atoms with E-state index in [1.807, 2.05) is 30.0 Å². The molecule has 0 saturated carbocycles. The molecule has 0 aliphatic carbocycles. The van der Waals surface area contributed by atoms with E-state index in [9.17, 15) is 9.59 Å². The maximum absolute atomic E-state index is 13.4. The van der Waals surface area contributed by atoms with Gasteiger partial charge in [-0.2, -0.15) is 0 Å². The van der Waals surface area contributed by atoms with Crippen LogP contribution in [0.5, 0.6) is 11.5 Å². The molecule has 28 heavy (non-hydrogen) atoms. The van der Waals surface area contributed by atoms with Crippen LogP contribution >= 0.6 is 0 Å². The van der Waals surface area contributed by atoms with E-state index < -0.39 is 5.41 Å². The van der Waals surface area contributed by atoms with Gasteiger partial charge in [0.15, 0.2) is 11.5 Å². The van der Waals surface area contributed by atoms with Gasteiger partial charge in [-0.25, -0.2) is 4.79 Å². The van der Waals surface area contributed by atoms with Gasteiger partial charge in [-0.1, -0.05) is 19.1 Å². The van der Waals surface area contributed by atoms with E-state index in [0.29, 0.717) is 37.7 Å². The van der Waals surface area contributed by atoms with E-state index in [4.69, 9.17) is 9.47 Å². The van der Waals surface area contributed by atoms with Gasteiger partial charge in [0.2, 0.25) is 5.91 Å². The summed E-state index contributed by atoms with van der Waals surface area (Å²) >= 11 is 0. The van der Waals surface area contributed by atoms with Gasteiger partial charge in [0.1, 0.15) is 0 Å². The van der Waals surface area contributed by atoms with Gasteiger partial charge in [-0.15, -0.1) is 0 Å². The second-order valence-electron chi connectivity index (χ2n) is 7.67. The first-order chi connectivity index (χ1) is 13.5. The van der Waals surface area contributed by atoms with Crippen LogP contribution in [0.15, 0.2) is 18.2 Å². The topological polar surface area (TPSA) is 71.1 Å². The zero-order chi connectivity index (χ0) is 20.1. The molecule has 0 bridgehead atoms. The predicted molar refractivity (Wildman–Crippen MR) is 107 cm³/mol. The Morgan fingerprint density at radius 1 is 1.21 bits per heavy atom. The number of urea groups is 1. The Hall–Kier alpha value is -2.44. The highest BCUT2D eigenvalue weighted by atomic mass is 16.5. The Labute approximate surface area is 167 Å². The summed E-state index contributed by atoms with van der Waals surface area (Å²) in [6.45, 7) is 5.05. The number of piperidine rings is 1. The molecule has 0 aromatic heterocycles. The van der Waals surface area contributed by atoms with Crippen molar-refractivity contribution in [3.63, 3.8) is 0 Å². The summed E-state index contributed by atoms with van der Waals surface area (Å²) in [7, 11) is 3.23. The lowest BCUT2D eigenvalue weighted by molar-refractivity contribution is -0.146. The summed E-state index contributed by atoms with van der Waals surface area (Å²) in [5, 5.41) is 2.92. The van der Waals surface area contributed by atoms with Gasteiger partial charge in [-0.3, -0.25) is 4.79 Å². The van der Waals surface area contributed by atoms with Crippen LogP contribution in [0.1, 0.15) is 38.2 Å².